The number of benzene rings is 1. The van der Waals surface area contributed by atoms with Crippen LogP contribution in [0.25, 0.3) is 11.0 Å². The highest BCUT2D eigenvalue weighted by molar-refractivity contribution is 5.77. The van der Waals surface area contributed by atoms with Gasteiger partial charge in [0.05, 0.1) is 18.1 Å². The largest absolute Gasteiger partial charge is 0.497 e. The minimum absolute atomic E-state index is 0.203. The molecule has 1 aromatic carbocycles. The van der Waals surface area contributed by atoms with Crippen LogP contribution in [0.2, 0.25) is 0 Å². The number of aromatic nitrogens is 2. The van der Waals surface area contributed by atoms with Gasteiger partial charge in [-0.05, 0) is 24.5 Å². The van der Waals surface area contributed by atoms with Crippen LogP contribution in [-0.4, -0.2) is 28.4 Å². The molecule has 2 aromatic rings. The van der Waals surface area contributed by atoms with Crippen molar-refractivity contribution in [1.82, 2.24) is 9.55 Å². The monoisotopic (exact) mass is 262 g/mol. The van der Waals surface area contributed by atoms with Crippen LogP contribution in [0.5, 0.6) is 5.75 Å². The molecule has 0 amide bonds. The summed E-state index contributed by atoms with van der Waals surface area (Å²) in [7, 11) is 1.67. The van der Waals surface area contributed by atoms with Crippen LogP contribution in [0.15, 0.2) is 18.2 Å². The smallest absolute Gasteiger partial charge is 0.121 e. The van der Waals surface area contributed by atoms with Gasteiger partial charge in [-0.3, -0.25) is 0 Å². The Bertz CT molecular complexity index is 546. The van der Waals surface area contributed by atoms with E-state index in [1.807, 2.05) is 12.1 Å². The van der Waals surface area contributed by atoms with E-state index < -0.39 is 0 Å². The molecule has 0 spiro atoms. The van der Waals surface area contributed by atoms with Crippen molar-refractivity contribution in [3.8, 4) is 5.75 Å². The van der Waals surface area contributed by atoms with Gasteiger partial charge in [-0.2, -0.15) is 0 Å². The zero-order valence-electron chi connectivity index (χ0n) is 11.9. The van der Waals surface area contributed by atoms with Gasteiger partial charge in [-0.15, -0.1) is 0 Å². The first-order chi connectivity index (χ1) is 9.15. The standard InChI is InChI=1S/C15H22N2O2/c1-11(2)10-17-14-7-6-12(19-3)9-13(14)16-15(17)5-4-8-18/h6-7,9,11,18H,4-5,8,10H2,1-3H3. The normalized spacial score (nSPS) is 11.4. The Balaban J connectivity index is 2.45. The molecule has 4 nitrogen and oxygen atoms in total. The molecule has 19 heavy (non-hydrogen) atoms. The highest BCUT2D eigenvalue weighted by atomic mass is 16.5. The Morgan fingerprint density at radius 1 is 1.37 bits per heavy atom. The summed E-state index contributed by atoms with van der Waals surface area (Å²) in [6.07, 6.45) is 1.55. The molecule has 4 heteroatoms. The number of rotatable bonds is 6. The number of hydrogen-bond donors (Lipinski definition) is 1. The summed E-state index contributed by atoms with van der Waals surface area (Å²) in [5.74, 6) is 2.44. The van der Waals surface area contributed by atoms with Crippen LogP contribution in [-0.2, 0) is 13.0 Å². The van der Waals surface area contributed by atoms with E-state index in [0.717, 1.165) is 42.0 Å². The SMILES string of the molecule is COc1ccc2c(c1)nc(CCCO)n2CC(C)C. The molecule has 104 valence electrons. The maximum absolute atomic E-state index is 9.00. The fourth-order valence-electron chi connectivity index (χ4n) is 2.28. The van der Waals surface area contributed by atoms with Gasteiger partial charge in [0.25, 0.3) is 0 Å². The van der Waals surface area contributed by atoms with Crippen LogP contribution in [0, 0.1) is 5.92 Å². The maximum Gasteiger partial charge on any atom is 0.121 e. The van der Waals surface area contributed by atoms with Crippen molar-refractivity contribution < 1.29 is 9.84 Å². The van der Waals surface area contributed by atoms with Gasteiger partial charge >= 0.3 is 0 Å². The van der Waals surface area contributed by atoms with Crippen molar-refractivity contribution in [3.05, 3.63) is 24.0 Å². The number of aryl methyl sites for hydroxylation is 1. The molecule has 0 atom stereocenters. The molecule has 0 aliphatic heterocycles. The molecule has 0 bridgehead atoms. The van der Waals surface area contributed by atoms with Gasteiger partial charge < -0.3 is 14.4 Å². The minimum atomic E-state index is 0.203. The fourth-order valence-corrected chi connectivity index (χ4v) is 2.28. The Hall–Kier alpha value is -1.55. The van der Waals surface area contributed by atoms with Crippen LogP contribution < -0.4 is 4.74 Å². The van der Waals surface area contributed by atoms with E-state index in [0.29, 0.717) is 5.92 Å². The number of methoxy groups -OCH3 is 1. The number of fused-ring (bicyclic) bond motifs is 1. The van der Waals surface area contributed by atoms with E-state index in [1.165, 1.54) is 0 Å². The zero-order chi connectivity index (χ0) is 13.8. The fraction of sp³-hybridized carbons (Fsp3) is 0.533. The first-order valence-electron chi connectivity index (χ1n) is 6.79. The van der Waals surface area contributed by atoms with Crippen LogP contribution in [0.4, 0.5) is 0 Å². The first kappa shape index (κ1) is 13.9. The minimum Gasteiger partial charge on any atom is -0.497 e. The molecule has 1 heterocycles. The predicted octanol–water partition coefficient (Wildman–Crippen LogP) is 2.63. The second-order valence-corrected chi connectivity index (χ2v) is 5.21. The van der Waals surface area contributed by atoms with Crippen LogP contribution in [0.1, 0.15) is 26.1 Å². The summed E-state index contributed by atoms with van der Waals surface area (Å²) in [6.45, 7) is 5.55. The Labute approximate surface area is 114 Å². The van der Waals surface area contributed by atoms with E-state index >= 15 is 0 Å². The quantitative estimate of drug-likeness (QED) is 0.870. The molecule has 0 aliphatic carbocycles. The third-order valence-corrected chi connectivity index (χ3v) is 3.14. The van der Waals surface area contributed by atoms with Crippen molar-refractivity contribution in [1.29, 1.82) is 0 Å². The van der Waals surface area contributed by atoms with Gasteiger partial charge in [0.2, 0.25) is 0 Å². The van der Waals surface area contributed by atoms with Gasteiger partial charge in [0, 0.05) is 25.6 Å². The average molecular weight is 262 g/mol. The number of ether oxygens (including phenoxy) is 1. The molecular weight excluding hydrogens is 240 g/mol. The van der Waals surface area contributed by atoms with Gasteiger partial charge in [-0.1, -0.05) is 13.8 Å². The Kier molecular flexibility index (Phi) is 4.43. The second kappa shape index (κ2) is 6.06. The average Bonchev–Trinajstić information content (AvgIpc) is 2.73. The van der Waals surface area contributed by atoms with Crippen molar-refractivity contribution >= 4 is 11.0 Å². The summed E-state index contributed by atoms with van der Waals surface area (Å²) in [4.78, 5) is 4.68. The van der Waals surface area contributed by atoms with Gasteiger partial charge in [0.1, 0.15) is 11.6 Å². The van der Waals surface area contributed by atoms with Crippen molar-refractivity contribution in [2.75, 3.05) is 13.7 Å². The van der Waals surface area contributed by atoms with E-state index in [2.05, 4.69) is 29.5 Å². The summed E-state index contributed by atoms with van der Waals surface area (Å²) < 4.78 is 7.50. The Morgan fingerprint density at radius 3 is 2.79 bits per heavy atom. The van der Waals surface area contributed by atoms with Crippen molar-refractivity contribution in [2.45, 2.75) is 33.2 Å². The van der Waals surface area contributed by atoms with E-state index in [9.17, 15) is 0 Å². The molecule has 0 radical (unpaired) electrons. The third kappa shape index (κ3) is 3.07. The Morgan fingerprint density at radius 2 is 2.16 bits per heavy atom. The molecular formula is C15H22N2O2. The van der Waals surface area contributed by atoms with Crippen LogP contribution in [0.3, 0.4) is 0 Å². The topological polar surface area (TPSA) is 47.3 Å². The summed E-state index contributed by atoms with van der Waals surface area (Å²) in [6, 6.07) is 6.00. The molecule has 0 unspecified atom stereocenters. The molecule has 1 N–H and O–H groups in total. The first-order valence-corrected chi connectivity index (χ1v) is 6.79. The lowest BCUT2D eigenvalue weighted by Gasteiger charge is -2.11. The molecule has 0 saturated carbocycles. The van der Waals surface area contributed by atoms with Gasteiger partial charge in [-0.25, -0.2) is 4.98 Å². The van der Waals surface area contributed by atoms with E-state index in [4.69, 9.17) is 9.84 Å². The van der Waals surface area contributed by atoms with Crippen LogP contribution >= 0.6 is 0 Å². The maximum atomic E-state index is 9.00. The third-order valence-electron chi connectivity index (χ3n) is 3.14. The highest BCUT2D eigenvalue weighted by Crippen LogP contribution is 2.23. The van der Waals surface area contributed by atoms with E-state index in [-0.39, 0.29) is 6.61 Å². The highest BCUT2D eigenvalue weighted by Gasteiger charge is 2.12. The lowest BCUT2D eigenvalue weighted by Crippen LogP contribution is -2.09. The zero-order valence-corrected chi connectivity index (χ0v) is 11.9. The second-order valence-electron chi connectivity index (χ2n) is 5.21. The summed E-state index contributed by atoms with van der Waals surface area (Å²) in [5.41, 5.74) is 2.11. The number of aliphatic hydroxyl groups excluding tert-OH is 1. The summed E-state index contributed by atoms with van der Waals surface area (Å²) >= 11 is 0. The number of hydrogen-bond acceptors (Lipinski definition) is 3. The summed E-state index contributed by atoms with van der Waals surface area (Å²) in [5, 5.41) is 9.00. The number of imidazole rings is 1. The lowest BCUT2D eigenvalue weighted by atomic mass is 10.2. The molecule has 1 aromatic heterocycles. The van der Waals surface area contributed by atoms with E-state index in [1.54, 1.807) is 7.11 Å². The van der Waals surface area contributed by atoms with Crippen molar-refractivity contribution in [2.24, 2.45) is 5.92 Å². The number of nitrogens with zero attached hydrogens (tertiary/aromatic N) is 2. The molecule has 0 aliphatic rings. The molecule has 0 fully saturated rings. The predicted molar refractivity (Wildman–Crippen MR) is 76.5 cm³/mol. The number of aliphatic hydroxyl groups is 1. The van der Waals surface area contributed by atoms with Gasteiger partial charge in [0.15, 0.2) is 0 Å². The molecule has 2 rings (SSSR count). The van der Waals surface area contributed by atoms with Crippen molar-refractivity contribution in [3.63, 3.8) is 0 Å². The molecule has 0 saturated heterocycles. The lowest BCUT2D eigenvalue weighted by molar-refractivity contribution is 0.286.